The van der Waals surface area contributed by atoms with Gasteiger partial charge in [0, 0.05) is 31.1 Å². The number of hydrogen-bond donors (Lipinski definition) is 1. The monoisotopic (exact) mass is 293 g/mol. The predicted octanol–water partition coefficient (Wildman–Crippen LogP) is 2.61. The Morgan fingerprint density at radius 1 is 1.38 bits per heavy atom. The Labute approximate surface area is 124 Å². The van der Waals surface area contributed by atoms with Gasteiger partial charge in [-0.2, -0.15) is 0 Å². The van der Waals surface area contributed by atoms with Gasteiger partial charge < -0.3 is 14.3 Å². The van der Waals surface area contributed by atoms with Crippen molar-refractivity contribution >= 4 is 5.97 Å². The van der Waals surface area contributed by atoms with E-state index in [4.69, 9.17) is 14.3 Å². The summed E-state index contributed by atoms with van der Waals surface area (Å²) in [4.78, 5) is 13.0. The fourth-order valence-corrected chi connectivity index (χ4v) is 3.51. The van der Waals surface area contributed by atoms with Gasteiger partial charge in [-0.15, -0.1) is 0 Å². The van der Waals surface area contributed by atoms with E-state index in [1.165, 1.54) is 18.4 Å². The molecule has 1 atom stereocenters. The second-order valence-corrected chi connectivity index (χ2v) is 5.96. The molecule has 1 aromatic heterocycles. The summed E-state index contributed by atoms with van der Waals surface area (Å²) in [5, 5.41) is 8.63. The number of carboxylic acid groups (broad SMARTS) is 1. The molecule has 2 aliphatic rings. The molecule has 0 amide bonds. The molecule has 21 heavy (non-hydrogen) atoms. The van der Waals surface area contributed by atoms with Gasteiger partial charge in [0.1, 0.15) is 5.76 Å². The highest BCUT2D eigenvalue weighted by molar-refractivity contribution is 5.66. The molecule has 5 heteroatoms. The van der Waals surface area contributed by atoms with Crippen LogP contribution in [0.3, 0.4) is 0 Å². The molecule has 116 valence electrons. The molecule has 1 unspecified atom stereocenters. The zero-order valence-electron chi connectivity index (χ0n) is 12.3. The molecular formula is C16H23NO4. The molecule has 5 nitrogen and oxygen atoms in total. The molecule has 1 fully saturated rings. The summed E-state index contributed by atoms with van der Waals surface area (Å²) >= 11 is 0. The summed E-state index contributed by atoms with van der Waals surface area (Å²) in [6, 6.07) is 2.61. The number of carboxylic acids is 1. The van der Waals surface area contributed by atoms with Crippen LogP contribution in [-0.2, 0) is 16.0 Å². The van der Waals surface area contributed by atoms with Crippen LogP contribution < -0.4 is 0 Å². The lowest BCUT2D eigenvalue weighted by Gasteiger charge is -2.38. The van der Waals surface area contributed by atoms with Gasteiger partial charge in [-0.25, -0.2) is 0 Å². The molecule has 1 aromatic rings. The van der Waals surface area contributed by atoms with Gasteiger partial charge in [0.05, 0.1) is 25.4 Å². The molecule has 0 aromatic carbocycles. The molecule has 1 saturated heterocycles. The van der Waals surface area contributed by atoms with Crippen LogP contribution in [0.4, 0.5) is 0 Å². The topological polar surface area (TPSA) is 62.9 Å². The van der Waals surface area contributed by atoms with Crippen molar-refractivity contribution < 1.29 is 19.1 Å². The third kappa shape index (κ3) is 3.47. The van der Waals surface area contributed by atoms with E-state index in [9.17, 15) is 4.79 Å². The normalized spacial score (nSPS) is 23.9. The molecule has 0 spiro atoms. The van der Waals surface area contributed by atoms with Gasteiger partial charge >= 0.3 is 5.97 Å². The van der Waals surface area contributed by atoms with Crippen LogP contribution in [0, 0.1) is 0 Å². The van der Waals surface area contributed by atoms with Crippen LogP contribution >= 0.6 is 0 Å². The van der Waals surface area contributed by atoms with Gasteiger partial charge in [-0.05, 0) is 31.7 Å². The van der Waals surface area contributed by atoms with Crippen molar-refractivity contribution in [2.75, 3.05) is 19.7 Å². The van der Waals surface area contributed by atoms with E-state index in [1.54, 1.807) is 0 Å². The molecule has 0 saturated carbocycles. The van der Waals surface area contributed by atoms with E-state index >= 15 is 0 Å². The van der Waals surface area contributed by atoms with Crippen molar-refractivity contribution in [2.24, 2.45) is 0 Å². The first-order valence-electron chi connectivity index (χ1n) is 7.88. The molecule has 0 radical (unpaired) electrons. The summed E-state index contributed by atoms with van der Waals surface area (Å²) in [5.74, 6) is 0.369. The summed E-state index contributed by atoms with van der Waals surface area (Å²) in [6.07, 6.45) is 7.57. The number of carbonyl (C=O) groups is 1. The van der Waals surface area contributed by atoms with E-state index in [0.717, 1.165) is 38.1 Å². The van der Waals surface area contributed by atoms with Crippen molar-refractivity contribution in [2.45, 2.75) is 50.7 Å². The number of likely N-dealkylation sites (tertiary alicyclic amines) is 1. The van der Waals surface area contributed by atoms with Crippen molar-refractivity contribution in [3.63, 3.8) is 0 Å². The van der Waals surface area contributed by atoms with E-state index in [1.807, 2.05) is 6.26 Å². The molecule has 1 N–H and O–H groups in total. The molecule has 3 rings (SSSR count). The second kappa shape index (κ2) is 6.62. The zero-order valence-corrected chi connectivity index (χ0v) is 12.3. The van der Waals surface area contributed by atoms with Crippen LogP contribution in [-0.4, -0.2) is 41.8 Å². The third-order valence-electron chi connectivity index (χ3n) is 4.61. The number of furan rings is 1. The first-order valence-corrected chi connectivity index (χ1v) is 7.88. The maximum Gasteiger partial charge on any atom is 0.305 e. The lowest BCUT2D eigenvalue weighted by Crippen LogP contribution is -2.40. The van der Waals surface area contributed by atoms with Gasteiger partial charge in [-0.3, -0.25) is 9.69 Å². The van der Waals surface area contributed by atoms with Gasteiger partial charge in [0.15, 0.2) is 0 Å². The highest BCUT2D eigenvalue weighted by Crippen LogP contribution is 2.36. The second-order valence-electron chi connectivity index (χ2n) is 5.96. The number of nitrogens with zero attached hydrogens (tertiary/aromatic N) is 1. The number of fused-ring (bicyclic) bond motifs is 1. The van der Waals surface area contributed by atoms with Crippen molar-refractivity contribution in [3.8, 4) is 0 Å². The zero-order chi connectivity index (χ0) is 14.7. The number of rotatable bonds is 5. The minimum Gasteiger partial charge on any atom is -0.481 e. The highest BCUT2D eigenvalue weighted by Gasteiger charge is 2.30. The largest absolute Gasteiger partial charge is 0.481 e. The predicted molar refractivity (Wildman–Crippen MR) is 77.2 cm³/mol. The fourth-order valence-electron chi connectivity index (χ4n) is 3.51. The highest BCUT2D eigenvalue weighted by atomic mass is 16.5. The van der Waals surface area contributed by atoms with Gasteiger partial charge in [0.25, 0.3) is 0 Å². The van der Waals surface area contributed by atoms with Gasteiger partial charge in [-0.1, -0.05) is 0 Å². The first-order chi connectivity index (χ1) is 10.2. The number of aliphatic carboxylic acids is 1. The molecule has 1 aliphatic carbocycles. The molecular weight excluding hydrogens is 270 g/mol. The van der Waals surface area contributed by atoms with E-state index < -0.39 is 5.97 Å². The minimum atomic E-state index is -0.790. The first kappa shape index (κ1) is 14.6. The number of piperidine rings is 1. The maximum absolute atomic E-state index is 10.5. The van der Waals surface area contributed by atoms with Crippen LogP contribution in [0.15, 0.2) is 16.7 Å². The number of hydrogen-bond acceptors (Lipinski definition) is 4. The van der Waals surface area contributed by atoms with Crippen molar-refractivity contribution in [1.29, 1.82) is 0 Å². The lowest BCUT2D eigenvalue weighted by molar-refractivity contribution is -0.138. The Morgan fingerprint density at radius 3 is 2.95 bits per heavy atom. The van der Waals surface area contributed by atoms with E-state index in [-0.39, 0.29) is 12.5 Å². The molecule has 0 bridgehead atoms. The van der Waals surface area contributed by atoms with Crippen LogP contribution in [0.2, 0.25) is 0 Å². The quantitative estimate of drug-likeness (QED) is 0.904. The van der Waals surface area contributed by atoms with Crippen molar-refractivity contribution in [3.05, 3.63) is 23.7 Å². The molecule has 1 aliphatic heterocycles. The Kier molecular flexibility index (Phi) is 4.60. The molecule has 2 heterocycles. The number of aryl methyl sites for hydroxylation is 1. The van der Waals surface area contributed by atoms with Gasteiger partial charge in [0.2, 0.25) is 0 Å². The van der Waals surface area contributed by atoms with Crippen LogP contribution in [0.1, 0.15) is 49.5 Å². The Morgan fingerprint density at radius 2 is 2.19 bits per heavy atom. The minimum absolute atomic E-state index is 0.0984. The summed E-state index contributed by atoms with van der Waals surface area (Å²) in [5.41, 5.74) is 1.37. The third-order valence-corrected chi connectivity index (χ3v) is 4.61. The Balaban J connectivity index is 1.49. The average molecular weight is 293 g/mol. The summed E-state index contributed by atoms with van der Waals surface area (Å²) < 4.78 is 11.2. The Hall–Kier alpha value is -1.33. The van der Waals surface area contributed by atoms with E-state index in [0.29, 0.717) is 12.6 Å². The number of ether oxygens (including phenoxy) is 1. The average Bonchev–Trinajstić information content (AvgIpc) is 2.96. The Bertz CT molecular complexity index is 476. The maximum atomic E-state index is 10.5. The summed E-state index contributed by atoms with van der Waals surface area (Å²) in [6.45, 7) is 2.37. The van der Waals surface area contributed by atoms with E-state index in [2.05, 4.69) is 11.0 Å². The summed E-state index contributed by atoms with van der Waals surface area (Å²) in [7, 11) is 0. The SMILES string of the molecule is O=C(O)CCOC1CCN(C2CCCc3occc32)CC1. The lowest BCUT2D eigenvalue weighted by atomic mass is 9.90. The van der Waals surface area contributed by atoms with Crippen molar-refractivity contribution in [1.82, 2.24) is 4.90 Å². The smallest absolute Gasteiger partial charge is 0.305 e. The standard InChI is InChI=1S/C16H23NO4/c18-16(19)7-11-20-12-4-8-17(9-5-12)14-2-1-3-15-13(14)6-10-21-15/h6,10,12,14H,1-5,7-9,11H2,(H,18,19). The van der Waals surface area contributed by atoms with Crippen LogP contribution in [0.25, 0.3) is 0 Å². The fraction of sp³-hybridized carbons (Fsp3) is 0.688. The van der Waals surface area contributed by atoms with Crippen LogP contribution in [0.5, 0.6) is 0 Å².